The fourth-order valence-electron chi connectivity index (χ4n) is 4.39. The third kappa shape index (κ3) is 6.74. The van der Waals surface area contributed by atoms with E-state index < -0.39 is 10.0 Å². The second-order valence-corrected chi connectivity index (χ2v) is 10.4. The van der Waals surface area contributed by atoms with E-state index in [9.17, 15) is 12.8 Å². The summed E-state index contributed by atoms with van der Waals surface area (Å²) in [5, 5.41) is 8.86. The van der Waals surface area contributed by atoms with Crippen LogP contribution in [0.3, 0.4) is 0 Å². The highest BCUT2D eigenvalue weighted by molar-refractivity contribution is 7.89. The molecule has 34 heavy (non-hydrogen) atoms. The minimum Gasteiger partial charge on any atom is -0.493 e. The van der Waals surface area contributed by atoms with Crippen LogP contribution in [0.4, 0.5) is 4.39 Å². The van der Waals surface area contributed by atoms with E-state index >= 15 is 0 Å². The first-order valence-electron chi connectivity index (χ1n) is 11.4. The lowest BCUT2D eigenvalue weighted by Gasteiger charge is -2.45. The van der Waals surface area contributed by atoms with E-state index in [2.05, 4.69) is 14.5 Å². The summed E-state index contributed by atoms with van der Waals surface area (Å²) in [5.41, 5.74) is 0.423. The number of fused-ring (bicyclic) bond motifs is 2. The third-order valence-electron chi connectivity index (χ3n) is 5.93. The van der Waals surface area contributed by atoms with Gasteiger partial charge in [-0.25, -0.2) is 17.5 Å². The van der Waals surface area contributed by atoms with Gasteiger partial charge in [-0.3, -0.25) is 9.80 Å². The molecular weight excluding hydrogens is 459 g/mol. The summed E-state index contributed by atoms with van der Waals surface area (Å²) in [5.74, 6) is 0.245. The number of ether oxygens (including phenoxy) is 2. The molecule has 0 aliphatic carbocycles. The highest BCUT2D eigenvalue weighted by atomic mass is 32.2. The number of sulfonamides is 1. The Morgan fingerprint density at radius 3 is 2.38 bits per heavy atom. The number of halogens is 1. The zero-order chi connectivity index (χ0) is 24.0. The van der Waals surface area contributed by atoms with Crippen LogP contribution < -0.4 is 9.46 Å². The van der Waals surface area contributed by atoms with Crippen LogP contribution in [0.5, 0.6) is 5.75 Å². The summed E-state index contributed by atoms with van der Waals surface area (Å²) in [4.78, 5) is 4.77. The molecule has 2 aliphatic rings. The Morgan fingerprint density at radius 1 is 1.06 bits per heavy atom. The molecule has 1 N–H and O–H groups in total. The summed E-state index contributed by atoms with van der Waals surface area (Å²) in [7, 11) is -3.61. The van der Waals surface area contributed by atoms with Gasteiger partial charge in [-0.05, 0) is 42.8 Å². The van der Waals surface area contributed by atoms with E-state index in [1.165, 1.54) is 36.4 Å². The molecule has 2 heterocycles. The predicted molar refractivity (Wildman–Crippen MR) is 124 cm³/mol. The lowest BCUT2D eigenvalue weighted by atomic mass is 10.1. The standard InChI is InChI=1S/C24H29FN4O4S/c25-20-3-1-4-21(13-20)32-12-2-10-28-15-22-17-29(18-23(16-28)33-22)11-9-27-34(30,31)24-7-5-19(14-26)6-8-24/h1,3-8,13,22-23,27H,2,9-12,15-18H2. The smallest absolute Gasteiger partial charge is 0.240 e. The first-order chi connectivity index (χ1) is 16.4. The van der Waals surface area contributed by atoms with Crippen LogP contribution in [0.2, 0.25) is 0 Å². The van der Waals surface area contributed by atoms with Gasteiger partial charge in [0.05, 0.1) is 35.3 Å². The fraction of sp³-hybridized carbons (Fsp3) is 0.458. The van der Waals surface area contributed by atoms with Crippen LogP contribution in [0.15, 0.2) is 53.4 Å². The first kappa shape index (κ1) is 24.6. The maximum Gasteiger partial charge on any atom is 0.240 e. The topological polar surface area (TPSA) is 94.9 Å². The van der Waals surface area contributed by atoms with Crippen molar-refractivity contribution < 1.29 is 22.3 Å². The van der Waals surface area contributed by atoms with Crippen LogP contribution in [-0.4, -0.2) is 82.8 Å². The van der Waals surface area contributed by atoms with Gasteiger partial charge in [-0.1, -0.05) is 6.07 Å². The molecule has 2 unspecified atom stereocenters. The SMILES string of the molecule is N#Cc1ccc(S(=O)(=O)NCCN2CC3CN(CCCOc4cccc(F)c4)CC(C2)O3)cc1. The maximum atomic E-state index is 13.2. The maximum absolute atomic E-state index is 13.2. The van der Waals surface area contributed by atoms with Gasteiger partial charge in [-0.2, -0.15) is 5.26 Å². The molecule has 0 amide bonds. The molecule has 4 rings (SSSR count). The summed E-state index contributed by atoms with van der Waals surface area (Å²) < 4.78 is 52.5. The molecule has 2 atom stereocenters. The van der Waals surface area contributed by atoms with Crippen LogP contribution in [0.1, 0.15) is 12.0 Å². The Hall–Kier alpha value is -2.55. The van der Waals surface area contributed by atoms with Crippen molar-refractivity contribution in [1.29, 1.82) is 5.26 Å². The van der Waals surface area contributed by atoms with E-state index in [0.717, 1.165) is 39.1 Å². The van der Waals surface area contributed by atoms with E-state index in [1.807, 2.05) is 6.07 Å². The monoisotopic (exact) mass is 488 g/mol. The minimum atomic E-state index is -3.61. The molecular formula is C24H29FN4O4S. The lowest BCUT2D eigenvalue weighted by Crippen LogP contribution is -2.60. The number of morpholine rings is 2. The van der Waals surface area contributed by atoms with Crippen molar-refractivity contribution in [2.75, 3.05) is 52.4 Å². The molecule has 0 spiro atoms. The van der Waals surface area contributed by atoms with Gasteiger partial charge in [0.25, 0.3) is 0 Å². The molecule has 0 aromatic heterocycles. The summed E-state index contributed by atoms with van der Waals surface area (Å²) in [6.45, 7) is 5.48. The van der Waals surface area contributed by atoms with Crippen molar-refractivity contribution in [1.82, 2.24) is 14.5 Å². The Labute approximate surface area is 199 Å². The Bertz CT molecular complexity index is 1090. The average molecular weight is 489 g/mol. The normalized spacial score (nSPS) is 21.2. The van der Waals surface area contributed by atoms with Crippen molar-refractivity contribution >= 4 is 10.0 Å². The van der Waals surface area contributed by atoms with E-state index in [-0.39, 0.29) is 22.9 Å². The fourth-order valence-corrected chi connectivity index (χ4v) is 5.41. The number of rotatable bonds is 10. The van der Waals surface area contributed by atoms with Crippen LogP contribution >= 0.6 is 0 Å². The summed E-state index contributed by atoms with van der Waals surface area (Å²) in [6.07, 6.45) is 1.02. The van der Waals surface area contributed by atoms with Gasteiger partial charge < -0.3 is 9.47 Å². The molecule has 2 aliphatic heterocycles. The van der Waals surface area contributed by atoms with Crippen LogP contribution in [0, 0.1) is 17.1 Å². The molecule has 0 radical (unpaired) electrons. The van der Waals surface area contributed by atoms with Gasteiger partial charge in [0.1, 0.15) is 11.6 Å². The second kappa shape index (κ2) is 11.3. The molecule has 2 saturated heterocycles. The van der Waals surface area contributed by atoms with Gasteiger partial charge >= 0.3 is 0 Å². The highest BCUT2D eigenvalue weighted by Gasteiger charge is 2.34. The lowest BCUT2D eigenvalue weighted by molar-refractivity contribution is -0.138. The van der Waals surface area contributed by atoms with Crippen molar-refractivity contribution in [3.63, 3.8) is 0 Å². The summed E-state index contributed by atoms with van der Waals surface area (Å²) >= 11 is 0. The van der Waals surface area contributed by atoms with Crippen LogP contribution in [0.25, 0.3) is 0 Å². The molecule has 0 saturated carbocycles. The largest absolute Gasteiger partial charge is 0.493 e. The molecule has 2 aromatic rings. The van der Waals surface area contributed by atoms with Crippen molar-refractivity contribution in [3.8, 4) is 11.8 Å². The molecule has 8 nitrogen and oxygen atoms in total. The Kier molecular flexibility index (Phi) is 8.13. The van der Waals surface area contributed by atoms with E-state index in [1.54, 1.807) is 12.1 Å². The average Bonchev–Trinajstić information content (AvgIpc) is 2.81. The van der Waals surface area contributed by atoms with E-state index in [0.29, 0.717) is 31.0 Å². The van der Waals surface area contributed by atoms with Crippen LogP contribution in [-0.2, 0) is 14.8 Å². The number of hydrogen-bond donors (Lipinski definition) is 1. The quantitative estimate of drug-likeness (QED) is 0.510. The zero-order valence-corrected chi connectivity index (χ0v) is 19.7. The molecule has 2 fully saturated rings. The third-order valence-corrected chi connectivity index (χ3v) is 7.41. The van der Waals surface area contributed by atoms with Gasteiger partial charge in [0, 0.05) is 51.9 Å². The van der Waals surface area contributed by atoms with Crippen molar-refractivity contribution in [3.05, 3.63) is 59.9 Å². The molecule has 2 bridgehead atoms. The molecule has 10 heteroatoms. The number of nitriles is 1. The molecule has 182 valence electrons. The van der Waals surface area contributed by atoms with Crippen molar-refractivity contribution in [2.24, 2.45) is 0 Å². The van der Waals surface area contributed by atoms with Gasteiger partial charge in [0.15, 0.2) is 0 Å². The number of nitrogens with zero attached hydrogens (tertiary/aromatic N) is 3. The van der Waals surface area contributed by atoms with Gasteiger partial charge in [-0.15, -0.1) is 0 Å². The number of nitrogens with one attached hydrogen (secondary N) is 1. The zero-order valence-electron chi connectivity index (χ0n) is 18.9. The highest BCUT2D eigenvalue weighted by Crippen LogP contribution is 2.19. The minimum absolute atomic E-state index is 0.0896. The number of benzene rings is 2. The number of hydrogen-bond acceptors (Lipinski definition) is 7. The van der Waals surface area contributed by atoms with Gasteiger partial charge in [0.2, 0.25) is 10.0 Å². The summed E-state index contributed by atoms with van der Waals surface area (Å²) in [6, 6.07) is 14.0. The first-order valence-corrected chi connectivity index (χ1v) is 12.9. The van der Waals surface area contributed by atoms with E-state index in [4.69, 9.17) is 14.7 Å². The predicted octanol–water partition coefficient (Wildman–Crippen LogP) is 1.83. The molecule has 2 aromatic carbocycles. The Morgan fingerprint density at radius 2 is 1.74 bits per heavy atom. The Balaban J connectivity index is 1.16. The second-order valence-electron chi connectivity index (χ2n) is 8.59. The van der Waals surface area contributed by atoms with Crippen molar-refractivity contribution in [2.45, 2.75) is 23.5 Å².